The van der Waals surface area contributed by atoms with E-state index >= 15 is 0 Å². The number of nitrogens with one attached hydrogen (secondary N) is 1. The fourth-order valence-corrected chi connectivity index (χ4v) is 5.85. The Kier molecular flexibility index (Phi) is 6.02. The van der Waals surface area contributed by atoms with Gasteiger partial charge in [0.05, 0.1) is 24.8 Å². The normalized spacial score (nSPS) is 19.7. The van der Waals surface area contributed by atoms with Crippen molar-refractivity contribution in [3.05, 3.63) is 89.2 Å². The topological polar surface area (TPSA) is 88.6 Å². The molecule has 9 heteroatoms. The molecule has 0 fully saturated rings. The number of rotatable bonds is 6. The maximum atomic E-state index is 13.8. The van der Waals surface area contributed by atoms with Crippen LogP contribution in [0.5, 0.6) is 5.88 Å². The van der Waals surface area contributed by atoms with Gasteiger partial charge in [-0.05, 0) is 52.6 Å². The second kappa shape index (κ2) is 9.14. The van der Waals surface area contributed by atoms with Gasteiger partial charge in [-0.15, -0.1) is 0 Å². The Bertz CT molecular complexity index is 1410. The zero-order valence-electron chi connectivity index (χ0n) is 19.0. The lowest BCUT2D eigenvalue weighted by Crippen LogP contribution is -2.43. The van der Waals surface area contributed by atoms with Crippen molar-refractivity contribution in [3.63, 3.8) is 0 Å². The third-order valence-corrected chi connectivity index (χ3v) is 7.73. The van der Waals surface area contributed by atoms with Crippen LogP contribution in [-0.4, -0.2) is 49.7 Å². The number of anilines is 1. The average Bonchev–Trinajstić information content (AvgIpc) is 3.45. The molecule has 0 spiro atoms. The van der Waals surface area contributed by atoms with Crippen molar-refractivity contribution >= 4 is 21.4 Å². The largest absolute Gasteiger partial charge is 0.481 e. The maximum absolute atomic E-state index is 13.8. The van der Waals surface area contributed by atoms with Crippen molar-refractivity contribution < 1.29 is 22.3 Å². The highest BCUT2D eigenvalue weighted by atomic mass is 32.2. The molecule has 5 rings (SSSR count). The molecule has 2 aliphatic rings. The summed E-state index contributed by atoms with van der Waals surface area (Å²) in [6, 6.07) is 15.0. The number of fused-ring (bicyclic) bond motifs is 1. The third kappa shape index (κ3) is 4.77. The maximum Gasteiger partial charge on any atom is 0.232 e. The minimum absolute atomic E-state index is 0.141. The van der Waals surface area contributed by atoms with Gasteiger partial charge in [-0.25, -0.2) is 17.8 Å². The molecule has 7 nitrogen and oxygen atoms in total. The molecule has 2 aliphatic heterocycles. The number of hydrogen-bond acceptors (Lipinski definition) is 6. The molecule has 1 N–H and O–H groups in total. The molecule has 2 atom stereocenters. The van der Waals surface area contributed by atoms with Crippen LogP contribution < -0.4 is 10.1 Å². The first-order chi connectivity index (χ1) is 16.8. The number of carbonyl (C=O) groups excluding carboxylic acids is 1. The van der Waals surface area contributed by atoms with E-state index in [0.29, 0.717) is 12.4 Å². The van der Waals surface area contributed by atoms with Gasteiger partial charge in [-0.1, -0.05) is 24.3 Å². The number of halogens is 1. The van der Waals surface area contributed by atoms with E-state index in [1.54, 1.807) is 41.4 Å². The Hall–Kier alpha value is -3.72. The Labute approximate surface area is 203 Å². The first kappa shape index (κ1) is 23.0. The molecule has 0 radical (unpaired) electrons. The summed E-state index contributed by atoms with van der Waals surface area (Å²) in [5.41, 5.74) is 4.27. The third-order valence-electron chi connectivity index (χ3n) is 6.36. The van der Waals surface area contributed by atoms with Gasteiger partial charge >= 0.3 is 0 Å². The zero-order valence-corrected chi connectivity index (χ0v) is 19.8. The summed E-state index contributed by atoms with van der Waals surface area (Å²) in [5.74, 6) is -0.641. The van der Waals surface area contributed by atoms with Crippen LogP contribution in [0.15, 0.2) is 72.3 Å². The number of hydrogen-bond donors (Lipinski definition) is 1. The average molecular weight is 494 g/mol. The minimum Gasteiger partial charge on any atom is -0.481 e. The molecule has 1 aromatic heterocycles. The highest BCUT2D eigenvalue weighted by Gasteiger charge is 2.37. The number of benzene rings is 2. The molecule has 3 aromatic rings. The fraction of sp³-hybridized carbons (Fsp3) is 0.231. The predicted molar refractivity (Wildman–Crippen MR) is 131 cm³/mol. The number of ether oxygens (including phenoxy) is 1. The van der Waals surface area contributed by atoms with Crippen LogP contribution in [0.25, 0.3) is 11.1 Å². The molecular weight excluding hydrogens is 469 g/mol. The van der Waals surface area contributed by atoms with Crippen LogP contribution in [-0.2, 0) is 21.2 Å². The number of amides is 1. The highest BCUT2D eigenvalue weighted by Crippen LogP contribution is 2.37. The molecule has 2 aromatic carbocycles. The highest BCUT2D eigenvalue weighted by molar-refractivity contribution is 7.94. The molecule has 0 saturated heterocycles. The van der Waals surface area contributed by atoms with Gasteiger partial charge in [0.15, 0.2) is 9.84 Å². The number of methoxy groups -OCH3 is 1. The lowest BCUT2D eigenvalue weighted by molar-refractivity contribution is -0.134. The van der Waals surface area contributed by atoms with Gasteiger partial charge in [-0.2, -0.15) is 0 Å². The van der Waals surface area contributed by atoms with Crippen LogP contribution in [0, 0.1) is 5.82 Å². The van der Waals surface area contributed by atoms with Gasteiger partial charge in [0.1, 0.15) is 5.82 Å². The van der Waals surface area contributed by atoms with Gasteiger partial charge in [0, 0.05) is 36.4 Å². The smallest absolute Gasteiger partial charge is 0.232 e. The van der Waals surface area contributed by atoms with E-state index in [2.05, 4.69) is 10.3 Å². The molecule has 1 amide bonds. The zero-order chi connectivity index (χ0) is 24.6. The fourth-order valence-electron chi connectivity index (χ4n) is 4.55. The predicted octanol–water partition coefficient (Wildman–Crippen LogP) is 3.74. The monoisotopic (exact) mass is 493 g/mol. The summed E-state index contributed by atoms with van der Waals surface area (Å²) in [6.45, 7) is 0.627. The standard InChI is InChI=1S/C26H24FN3O4S/c1-34-25-12-17(8-10-28-25)15-30(21-9-11-35(32,33)16-21)26(31)23-14-29-24-13-19(4-7-22(23)24)18-2-5-20(27)6-3-18/h2-13,21,23,29H,14-16H2,1H3/t21-,23?/m1/s1. The van der Waals surface area contributed by atoms with E-state index in [9.17, 15) is 17.6 Å². The van der Waals surface area contributed by atoms with Crippen molar-refractivity contribution in [2.45, 2.75) is 18.5 Å². The number of aromatic nitrogens is 1. The van der Waals surface area contributed by atoms with Crippen molar-refractivity contribution in [2.24, 2.45) is 0 Å². The van der Waals surface area contributed by atoms with Crippen LogP contribution in [0.1, 0.15) is 17.0 Å². The van der Waals surface area contributed by atoms with Gasteiger partial charge in [-0.3, -0.25) is 4.79 Å². The van der Waals surface area contributed by atoms with E-state index in [0.717, 1.165) is 27.9 Å². The van der Waals surface area contributed by atoms with E-state index in [1.807, 2.05) is 18.2 Å². The summed E-state index contributed by atoms with van der Waals surface area (Å²) in [5, 5.41) is 4.49. The van der Waals surface area contributed by atoms with Crippen molar-refractivity contribution in [2.75, 3.05) is 24.7 Å². The van der Waals surface area contributed by atoms with E-state index in [-0.39, 0.29) is 24.0 Å². The van der Waals surface area contributed by atoms with Crippen molar-refractivity contribution in [1.29, 1.82) is 0 Å². The van der Waals surface area contributed by atoms with Crippen LogP contribution >= 0.6 is 0 Å². The van der Waals surface area contributed by atoms with Gasteiger partial charge < -0.3 is 15.0 Å². The van der Waals surface area contributed by atoms with E-state index in [4.69, 9.17) is 4.74 Å². The summed E-state index contributed by atoms with van der Waals surface area (Å²) in [7, 11) is -1.84. The minimum atomic E-state index is -3.36. The van der Waals surface area contributed by atoms with Crippen molar-refractivity contribution in [3.8, 4) is 17.0 Å². The number of sulfone groups is 1. The second-order valence-corrected chi connectivity index (χ2v) is 10.6. The Balaban J connectivity index is 1.44. The molecule has 0 aliphatic carbocycles. The SMILES string of the molecule is COc1cc(CN(C(=O)C2CNc3cc(-c4ccc(F)cc4)ccc32)[C@@H]2C=CS(=O)(=O)C2)ccn1. The molecule has 1 unspecified atom stereocenters. The summed E-state index contributed by atoms with van der Waals surface area (Å²) >= 11 is 0. The molecular formula is C26H24FN3O4S. The lowest BCUT2D eigenvalue weighted by atomic mass is 9.95. The van der Waals surface area contributed by atoms with Crippen LogP contribution in [0.3, 0.4) is 0 Å². The Morgan fingerprint density at radius 1 is 1.14 bits per heavy atom. The van der Waals surface area contributed by atoms with Gasteiger partial charge in [0.2, 0.25) is 11.8 Å². The first-order valence-corrected chi connectivity index (χ1v) is 12.9. The van der Waals surface area contributed by atoms with Crippen LogP contribution in [0.2, 0.25) is 0 Å². The Morgan fingerprint density at radius 3 is 2.63 bits per heavy atom. The molecule has 0 saturated carbocycles. The van der Waals surface area contributed by atoms with Crippen molar-refractivity contribution in [1.82, 2.24) is 9.88 Å². The van der Waals surface area contributed by atoms with E-state index in [1.165, 1.54) is 24.7 Å². The molecule has 0 bridgehead atoms. The Morgan fingerprint density at radius 2 is 1.91 bits per heavy atom. The lowest BCUT2D eigenvalue weighted by Gasteiger charge is -2.30. The van der Waals surface area contributed by atoms with Crippen LogP contribution in [0.4, 0.5) is 10.1 Å². The molecule has 3 heterocycles. The second-order valence-electron chi connectivity index (χ2n) is 8.64. The summed E-state index contributed by atoms with van der Waals surface area (Å²) in [4.78, 5) is 19.6. The number of carbonyl (C=O) groups is 1. The molecule has 180 valence electrons. The summed E-state index contributed by atoms with van der Waals surface area (Å²) in [6.07, 6.45) is 3.17. The first-order valence-electron chi connectivity index (χ1n) is 11.2. The summed E-state index contributed by atoms with van der Waals surface area (Å²) < 4.78 is 42.8. The quantitative estimate of drug-likeness (QED) is 0.563. The number of nitrogens with zero attached hydrogens (tertiary/aromatic N) is 2. The van der Waals surface area contributed by atoms with E-state index < -0.39 is 21.8 Å². The van der Waals surface area contributed by atoms with Gasteiger partial charge in [0.25, 0.3) is 0 Å². The number of pyridine rings is 1. The molecule has 35 heavy (non-hydrogen) atoms.